The molecule has 2 aliphatic heterocycles. The fraction of sp³-hybridized carbons (Fsp3) is 0.600. The standard InChI is InChI=1S/C20H31N5O5S2/c1-2-31(27,28)25-13-11-24(12-14-25)16-20(26)22-17-7-6-8-18(15-17)32(29,30)23-19-9-4-3-5-10-21-19/h6-8,15H,2-5,9-14,16H2,1H3,(H,21,23)(H,22,26). The molecular weight excluding hydrogens is 454 g/mol. The SMILES string of the molecule is CCS(=O)(=O)N1CCN(CC(=O)Nc2cccc(S(=O)(=O)NC3=NCCCCC3)c2)CC1. The Labute approximate surface area is 190 Å². The molecule has 0 radical (unpaired) electrons. The summed E-state index contributed by atoms with van der Waals surface area (Å²) >= 11 is 0. The van der Waals surface area contributed by atoms with Gasteiger partial charge in [0.2, 0.25) is 15.9 Å². The first kappa shape index (κ1) is 24.6. The van der Waals surface area contributed by atoms with Crippen LogP contribution in [0, 0.1) is 0 Å². The van der Waals surface area contributed by atoms with Crippen LogP contribution in [0.4, 0.5) is 5.69 Å². The molecule has 12 heteroatoms. The van der Waals surface area contributed by atoms with Gasteiger partial charge in [-0.15, -0.1) is 0 Å². The molecule has 0 saturated carbocycles. The summed E-state index contributed by atoms with van der Waals surface area (Å²) in [5.74, 6) is 0.253. The number of sulfonamides is 2. The molecule has 3 rings (SSSR count). The predicted molar refractivity (Wildman–Crippen MR) is 124 cm³/mol. The number of hydrogen-bond donors (Lipinski definition) is 2. The number of carbonyl (C=O) groups excluding carboxylic acids is 1. The first-order valence-electron chi connectivity index (χ1n) is 10.9. The van der Waals surface area contributed by atoms with Crippen LogP contribution in [0.3, 0.4) is 0 Å². The summed E-state index contributed by atoms with van der Waals surface area (Å²) < 4.78 is 53.4. The van der Waals surface area contributed by atoms with Crippen LogP contribution in [0.25, 0.3) is 0 Å². The Morgan fingerprint density at radius 3 is 2.53 bits per heavy atom. The molecule has 1 fully saturated rings. The molecule has 1 aromatic rings. The molecule has 2 heterocycles. The Morgan fingerprint density at radius 2 is 1.81 bits per heavy atom. The molecule has 1 amide bonds. The van der Waals surface area contributed by atoms with Gasteiger partial charge in [0.05, 0.1) is 17.2 Å². The number of hydrogen-bond acceptors (Lipinski definition) is 7. The third-order valence-corrected chi connectivity index (χ3v) is 8.77. The van der Waals surface area contributed by atoms with E-state index in [1.807, 2.05) is 4.90 Å². The maximum atomic E-state index is 12.7. The molecule has 178 valence electrons. The molecule has 10 nitrogen and oxygen atoms in total. The first-order chi connectivity index (χ1) is 15.2. The molecule has 2 aliphatic rings. The van der Waals surface area contributed by atoms with Gasteiger partial charge < -0.3 is 5.32 Å². The van der Waals surface area contributed by atoms with Gasteiger partial charge >= 0.3 is 0 Å². The summed E-state index contributed by atoms with van der Waals surface area (Å²) in [6, 6.07) is 6.10. The summed E-state index contributed by atoms with van der Waals surface area (Å²) in [6.45, 7) is 3.97. The summed E-state index contributed by atoms with van der Waals surface area (Å²) in [5.41, 5.74) is 0.382. The van der Waals surface area contributed by atoms with Gasteiger partial charge in [-0.25, -0.2) is 16.8 Å². The van der Waals surface area contributed by atoms with Crippen LogP contribution in [0.5, 0.6) is 0 Å². The smallest absolute Gasteiger partial charge is 0.262 e. The van der Waals surface area contributed by atoms with Crippen molar-refractivity contribution in [1.29, 1.82) is 0 Å². The number of amides is 1. The topological polar surface area (TPSA) is 128 Å². The zero-order chi connectivity index (χ0) is 23.2. The normalized spacial score (nSPS) is 19.1. The average molecular weight is 486 g/mol. The minimum absolute atomic E-state index is 0.0561. The van der Waals surface area contributed by atoms with Crippen LogP contribution < -0.4 is 10.0 Å². The molecule has 0 unspecified atom stereocenters. The van der Waals surface area contributed by atoms with Crippen molar-refractivity contribution in [2.45, 2.75) is 37.5 Å². The second-order valence-electron chi connectivity index (χ2n) is 7.90. The Kier molecular flexibility index (Phi) is 8.26. The first-order valence-corrected chi connectivity index (χ1v) is 13.9. The molecular formula is C20H31N5O5S2. The van der Waals surface area contributed by atoms with Gasteiger partial charge in [0.1, 0.15) is 5.84 Å². The lowest BCUT2D eigenvalue weighted by Gasteiger charge is -2.33. The fourth-order valence-corrected chi connectivity index (χ4v) is 5.88. The van der Waals surface area contributed by atoms with E-state index in [1.165, 1.54) is 16.4 Å². The highest BCUT2D eigenvalue weighted by molar-refractivity contribution is 7.90. The number of nitrogens with one attached hydrogen (secondary N) is 2. The van der Waals surface area contributed by atoms with Crippen molar-refractivity contribution in [3.63, 3.8) is 0 Å². The number of anilines is 1. The number of carbonyl (C=O) groups is 1. The van der Waals surface area contributed by atoms with Crippen LogP contribution in [0.2, 0.25) is 0 Å². The summed E-state index contributed by atoms with van der Waals surface area (Å²) in [7, 11) is -7.01. The van der Waals surface area contributed by atoms with Crippen molar-refractivity contribution in [2.75, 3.05) is 50.3 Å². The van der Waals surface area contributed by atoms with Crippen molar-refractivity contribution < 1.29 is 21.6 Å². The van der Waals surface area contributed by atoms with Gasteiger partial charge in [-0.3, -0.25) is 19.4 Å². The van der Waals surface area contributed by atoms with E-state index >= 15 is 0 Å². The maximum absolute atomic E-state index is 12.7. The zero-order valence-electron chi connectivity index (χ0n) is 18.3. The lowest BCUT2D eigenvalue weighted by atomic mass is 10.2. The molecule has 2 N–H and O–H groups in total. The summed E-state index contributed by atoms with van der Waals surface area (Å²) in [5, 5.41) is 2.73. The van der Waals surface area contributed by atoms with E-state index in [-0.39, 0.29) is 23.1 Å². The highest BCUT2D eigenvalue weighted by atomic mass is 32.2. The lowest BCUT2D eigenvalue weighted by molar-refractivity contribution is -0.117. The van der Waals surface area contributed by atoms with E-state index in [0.717, 1.165) is 19.3 Å². The van der Waals surface area contributed by atoms with Crippen LogP contribution in [0.1, 0.15) is 32.6 Å². The Bertz CT molecular complexity index is 1050. The van der Waals surface area contributed by atoms with Crippen molar-refractivity contribution in [3.05, 3.63) is 24.3 Å². The van der Waals surface area contributed by atoms with E-state index in [4.69, 9.17) is 0 Å². The molecule has 1 saturated heterocycles. The molecule has 0 bridgehead atoms. The third-order valence-electron chi connectivity index (χ3n) is 5.51. The molecule has 0 aliphatic carbocycles. The molecule has 0 spiro atoms. The van der Waals surface area contributed by atoms with Gasteiger partial charge in [0, 0.05) is 44.8 Å². The second kappa shape index (κ2) is 10.7. The minimum Gasteiger partial charge on any atom is -0.325 e. The monoisotopic (exact) mass is 485 g/mol. The number of piperazine rings is 1. The van der Waals surface area contributed by atoms with Gasteiger partial charge in [0.25, 0.3) is 10.0 Å². The van der Waals surface area contributed by atoms with Gasteiger partial charge in [-0.1, -0.05) is 12.5 Å². The highest BCUT2D eigenvalue weighted by Gasteiger charge is 2.26. The average Bonchev–Trinajstić information content (AvgIpc) is 3.02. The van der Waals surface area contributed by atoms with Gasteiger partial charge in [-0.05, 0) is 38.0 Å². The summed E-state index contributed by atoms with van der Waals surface area (Å²) in [6.07, 6.45) is 3.48. The van der Waals surface area contributed by atoms with Gasteiger partial charge in [0.15, 0.2) is 0 Å². The van der Waals surface area contributed by atoms with E-state index in [9.17, 15) is 21.6 Å². The van der Waals surface area contributed by atoms with Gasteiger partial charge in [-0.2, -0.15) is 4.31 Å². The van der Waals surface area contributed by atoms with Crippen LogP contribution in [0.15, 0.2) is 34.2 Å². The number of amidine groups is 1. The molecule has 1 aromatic carbocycles. The number of benzene rings is 1. The molecule has 0 aromatic heterocycles. The Morgan fingerprint density at radius 1 is 1.06 bits per heavy atom. The van der Waals surface area contributed by atoms with Crippen molar-refractivity contribution >= 4 is 37.5 Å². The Hall–Kier alpha value is -2.02. The number of nitrogens with zero attached hydrogens (tertiary/aromatic N) is 3. The van der Waals surface area contributed by atoms with Crippen LogP contribution in [-0.2, 0) is 24.8 Å². The van der Waals surface area contributed by atoms with Crippen molar-refractivity contribution in [3.8, 4) is 0 Å². The number of rotatable bonds is 7. The zero-order valence-corrected chi connectivity index (χ0v) is 19.9. The predicted octanol–water partition coefficient (Wildman–Crippen LogP) is 0.843. The maximum Gasteiger partial charge on any atom is 0.262 e. The van der Waals surface area contributed by atoms with Crippen LogP contribution >= 0.6 is 0 Å². The van der Waals surface area contributed by atoms with Crippen molar-refractivity contribution in [1.82, 2.24) is 13.9 Å². The third kappa shape index (κ3) is 6.74. The summed E-state index contributed by atoms with van der Waals surface area (Å²) in [4.78, 5) is 18.7. The van der Waals surface area contributed by atoms with E-state index < -0.39 is 20.0 Å². The molecule has 32 heavy (non-hydrogen) atoms. The lowest BCUT2D eigenvalue weighted by Crippen LogP contribution is -2.50. The molecule has 0 atom stereocenters. The van der Waals surface area contributed by atoms with E-state index in [0.29, 0.717) is 50.7 Å². The van der Waals surface area contributed by atoms with Crippen molar-refractivity contribution in [2.24, 2.45) is 4.99 Å². The van der Waals surface area contributed by atoms with Crippen LogP contribution in [-0.4, -0.2) is 82.8 Å². The van der Waals surface area contributed by atoms with E-state index in [2.05, 4.69) is 15.0 Å². The fourth-order valence-electron chi connectivity index (χ4n) is 3.66. The highest BCUT2D eigenvalue weighted by Crippen LogP contribution is 2.17. The van der Waals surface area contributed by atoms with E-state index in [1.54, 1.807) is 19.1 Å². The largest absolute Gasteiger partial charge is 0.325 e. The Balaban J connectivity index is 1.56. The quantitative estimate of drug-likeness (QED) is 0.589. The number of aliphatic imine (C=N–C) groups is 1. The minimum atomic E-state index is -3.79. The second-order valence-corrected chi connectivity index (χ2v) is 11.8.